The summed E-state index contributed by atoms with van der Waals surface area (Å²) >= 11 is 0. The Balaban J connectivity index is 3.13. The first kappa shape index (κ1) is 13.9. The molecule has 0 amide bonds. The maximum absolute atomic E-state index is 5.39. The standard InChI is InChI=1S/C11H25NO2/c1-5-11(3,4)12-7-8-14-10-9-13-6-2/h12H,5-10H2,1-4H3. The molecular weight excluding hydrogens is 178 g/mol. The molecule has 0 aromatic heterocycles. The summed E-state index contributed by atoms with van der Waals surface area (Å²) in [5, 5.41) is 3.43. The van der Waals surface area contributed by atoms with Crippen molar-refractivity contribution in [2.24, 2.45) is 0 Å². The molecule has 0 bridgehead atoms. The van der Waals surface area contributed by atoms with Gasteiger partial charge in [-0.15, -0.1) is 0 Å². The molecule has 0 fully saturated rings. The first-order valence-corrected chi connectivity index (χ1v) is 5.53. The van der Waals surface area contributed by atoms with Crippen molar-refractivity contribution in [2.75, 3.05) is 33.0 Å². The molecule has 86 valence electrons. The summed E-state index contributed by atoms with van der Waals surface area (Å²) in [5.41, 5.74) is 0.225. The molecule has 0 unspecified atom stereocenters. The largest absolute Gasteiger partial charge is 0.379 e. The van der Waals surface area contributed by atoms with Gasteiger partial charge in [-0.25, -0.2) is 0 Å². The lowest BCUT2D eigenvalue weighted by Crippen LogP contribution is -2.40. The lowest BCUT2D eigenvalue weighted by atomic mass is 10.0. The van der Waals surface area contributed by atoms with Gasteiger partial charge in [0.1, 0.15) is 0 Å². The van der Waals surface area contributed by atoms with E-state index >= 15 is 0 Å². The summed E-state index contributed by atoms with van der Waals surface area (Å²) in [6.45, 7) is 12.4. The third-order valence-electron chi connectivity index (χ3n) is 2.31. The molecule has 0 saturated heterocycles. The van der Waals surface area contributed by atoms with Crippen molar-refractivity contribution in [3.8, 4) is 0 Å². The quantitative estimate of drug-likeness (QED) is 0.580. The lowest BCUT2D eigenvalue weighted by molar-refractivity contribution is 0.0521. The molecule has 0 atom stereocenters. The van der Waals surface area contributed by atoms with Crippen LogP contribution >= 0.6 is 0 Å². The molecule has 3 nitrogen and oxygen atoms in total. The summed E-state index contributed by atoms with van der Waals surface area (Å²) in [7, 11) is 0. The predicted octanol–water partition coefficient (Wildman–Crippen LogP) is 1.82. The van der Waals surface area contributed by atoms with E-state index in [9.17, 15) is 0 Å². The van der Waals surface area contributed by atoms with Crippen molar-refractivity contribution < 1.29 is 9.47 Å². The van der Waals surface area contributed by atoms with Gasteiger partial charge in [-0.05, 0) is 27.2 Å². The van der Waals surface area contributed by atoms with E-state index in [-0.39, 0.29) is 5.54 Å². The zero-order chi connectivity index (χ0) is 10.9. The number of hydrogen-bond donors (Lipinski definition) is 1. The topological polar surface area (TPSA) is 30.5 Å². The van der Waals surface area contributed by atoms with E-state index in [0.717, 1.165) is 26.2 Å². The highest BCUT2D eigenvalue weighted by Crippen LogP contribution is 2.05. The average molecular weight is 203 g/mol. The maximum atomic E-state index is 5.39. The lowest BCUT2D eigenvalue weighted by Gasteiger charge is -2.24. The zero-order valence-electron chi connectivity index (χ0n) is 10.1. The first-order valence-electron chi connectivity index (χ1n) is 5.53. The predicted molar refractivity (Wildman–Crippen MR) is 59.7 cm³/mol. The number of hydrogen-bond acceptors (Lipinski definition) is 3. The van der Waals surface area contributed by atoms with Crippen LogP contribution in [0.3, 0.4) is 0 Å². The van der Waals surface area contributed by atoms with Gasteiger partial charge >= 0.3 is 0 Å². The Labute approximate surface area is 88.2 Å². The van der Waals surface area contributed by atoms with Crippen LogP contribution in [-0.4, -0.2) is 38.5 Å². The summed E-state index contributed by atoms with van der Waals surface area (Å²) in [4.78, 5) is 0. The van der Waals surface area contributed by atoms with Crippen molar-refractivity contribution in [2.45, 2.75) is 39.7 Å². The highest BCUT2D eigenvalue weighted by Gasteiger charge is 2.12. The van der Waals surface area contributed by atoms with E-state index in [1.165, 1.54) is 0 Å². The fourth-order valence-corrected chi connectivity index (χ4v) is 0.951. The average Bonchev–Trinajstić information content (AvgIpc) is 2.16. The Morgan fingerprint density at radius 2 is 1.64 bits per heavy atom. The van der Waals surface area contributed by atoms with Gasteiger partial charge in [-0.1, -0.05) is 6.92 Å². The molecule has 0 heterocycles. The van der Waals surface area contributed by atoms with Crippen molar-refractivity contribution in [1.29, 1.82) is 0 Å². The molecule has 0 saturated carbocycles. The third kappa shape index (κ3) is 8.48. The van der Waals surface area contributed by atoms with Gasteiger partial charge in [0, 0.05) is 18.7 Å². The summed E-state index contributed by atoms with van der Waals surface area (Å²) < 4.78 is 10.5. The minimum atomic E-state index is 0.225. The van der Waals surface area contributed by atoms with Crippen molar-refractivity contribution in [3.63, 3.8) is 0 Å². The van der Waals surface area contributed by atoms with E-state index in [2.05, 4.69) is 26.1 Å². The van der Waals surface area contributed by atoms with Gasteiger partial charge in [0.25, 0.3) is 0 Å². The van der Waals surface area contributed by atoms with Gasteiger partial charge in [0.05, 0.1) is 19.8 Å². The molecule has 0 aromatic rings. The van der Waals surface area contributed by atoms with Crippen LogP contribution in [0.15, 0.2) is 0 Å². The molecule has 0 rings (SSSR count). The molecule has 0 aromatic carbocycles. The van der Waals surface area contributed by atoms with Crippen LogP contribution in [0, 0.1) is 0 Å². The smallest absolute Gasteiger partial charge is 0.0701 e. The van der Waals surface area contributed by atoms with Crippen molar-refractivity contribution in [3.05, 3.63) is 0 Å². The number of ether oxygens (including phenoxy) is 2. The van der Waals surface area contributed by atoms with Crippen LogP contribution < -0.4 is 5.32 Å². The first-order chi connectivity index (χ1) is 6.62. The molecular formula is C11H25NO2. The Kier molecular flexibility index (Phi) is 8.14. The highest BCUT2D eigenvalue weighted by molar-refractivity contribution is 4.74. The highest BCUT2D eigenvalue weighted by atomic mass is 16.5. The van der Waals surface area contributed by atoms with E-state index in [1.54, 1.807) is 0 Å². The van der Waals surface area contributed by atoms with Gasteiger partial charge in [-0.3, -0.25) is 0 Å². The molecule has 0 aliphatic rings. The van der Waals surface area contributed by atoms with E-state index in [1.807, 2.05) is 6.92 Å². The Hall–Kier alpha value is -0.120. The molecule has 0 spiro atoms. The van der Waals surface area contributed by atoms with E-state index in [0.29, 0.717) is 13.2 Å². The second-order valence-electron chi connectivity index (χ2n) is 3.97. The van der Waals surface area contributed by atoms with Gasteiger partial charge in [0.2, 0.25) is 0 Å². The minimum Gasteiger partial charge on any atom is -0.379 e. The molecule has 1 N–H and O–H groups in total. The SMILES string of the molecule is CCOCCOCCNC(C)(C)CC. The molecule has 3 heteroatoms. The van der Waals surface area contributed by atoms with Gasteiger partial charge < -0.3 is 14.8 Å². The van der Waals surface area contributed by atoms with E-state index < -0.39 is 0 Å². The zero-order valence-corrected chi connectivity index (χ0v) is 10.1. The fourth-order valence-electron chi connectivity index (χ4n) is 0.951. The molecule has 14 heavy (non-hydrogen) atoms. The second kappa shape index (κ2) is 8.21. The number of rotatable bonds is 9. The normalized spacial score (nSPS) is 12.0. The fraction of sp³-hybridized carbons (Fsp3) is 1.00. The molecule has 0 aliphatic heterocycles. The van der Waals surface area contributed by atoms with Crippen LogP contribution in [-0.2, 0) is 9.47 Å². The summed E-state index contributed by atoms with van der Waals surface area (Å²) in [6, 6.07) is 0. The minimum absolute atomic E-state index is 0.225. The summed E-state index contributed by atoms with van der Waals surface area (Å²) in [6.07, 6.45) is 1.13. The van der Waals surface area contributed by atoms with Crippen molar-refractivity contribution >= 4 is 0 Å². The Morgan fingerprint density at radius 3 is 2.21 bits per heavy atom. The van der Waals surface area contributed by atoms with E-state index in [4.69, 9.17) is 9.47 Å². The molecule has 0 aliphatic carbocycles. The van der Waals surface area contributed by atoms with Crippen LogP contribution in [0.1, 0.15) is 34.1 Å². The van der Waals surface area contributed by atoms with Crippen LogP contribution in [0.4, 0.5) is 0 Å². The second-order valence-corrected chi connectivity index (χ2v) is 3.97. The monoisotopic (exact) mass is 203 g/mol. The van der Waals surface area contributed by atoms with Crippen LogP contribution in [0.2, 0.25) is 0 Å². The van der Waals surface area contributed by atoms with Gasteiger partial charge in [-0.2, -0.15) is 0 Å². The van der Waals surface area contributed by atoms with Crippen LogP contribution in [0.25, 0.3) is 0 Å². The van der Waals surface area contributed by atoms with Crippen molar-refractivity contribution in [1.82, 2.24) is 5.32 Å². The Morgan fingerprint density at radius 1 is 1.00 bits per heavy atom. The summed E-state index contributed by atoms with van der Waals surface area (Å²) in [5.74, 6) is 0. The third-order valence-corrected chi connectivity index (χ3v) is 2.31. The Bertz CT molecular complexity index is 126. The van der Waals surface area contributed by atoms with Gasteiger partial charge in [0.15, 0.2) is 0 Å². The van der Waals surface area contributed by atoms with Crippen LogP contribution in [0.5, 0.6) is 0 Å². The maximum Gasteiger partial charge on any atom is 0.0701 e. The molecule has 0 radical (unpaired) electrons. The number of nitrogens with one attached hydrogen (secondary N) is 1.